The van der Waals surface area contributed by atoms with E-state index in [0.29, 0.717) is 6.42 Å². The average molecular weight is 349 g/mol. The number of imidazole rings is 1. The standard InChI is InChI=1S/C17H23N3O3S/c1-3-20-15-7-5-4-6-14(15)19-17(20)12(2)18-16(21)10-13-8-9-24(22,23)11-13/h4-7,12-13H,3,8-11H2,1-2H3,(H,18,21)/t12-,13-/m1/s1. The monoisotopic (exact) mass is 349 g/mol. The van der Waals surface area contributed by atoms with E-state index in [1.807, 2.05) is 31.2 Å². The first-order valence-corrected chi connectivity index (χ1v) is 10.2. The Morgan fingerprint density at radius 2 is 2.17 bits per heavy atom. The number of para-hydroxylation sites is 2. The maximum atomic E-state index is 12.3. The average Bonchev–Trinajstić information content (AvgIpc) is 3.06. The molecule has 1 fully saturated rings. The summed E-state index contributed by atoms with van der Waals surface area (Å²) in [6.45, 7) is 4.74. The first kappa shape index (κ1) is 17.0. The van der Waals surface area contributed by atoms with Crippen LogP contribution in [0.15, 0.2) is 24.3 Å². The summed E-state index contributed by atoms with van der Waals surface area (Å²) in [5, 5.41) is 2.97. The second-order valence-electron chi connectivity index (χ2n) is 6.47. The molecular weight excluding hydrogens is 326 g/mol. The second kappa shape index (κ2) is 6.55. The van der Waals surface area contributed by atoms with Crippen LogP contribution in [-0.4, -0.2) is 35.4 Å². The Balaban J connectivity index is 1.71. The summed E-state index contributed by atoms with van der Waals surface area (Å²) in [6.07, 6.45) is 0.841. The zero-order valence-electron chi connectivity index (χ0n) is 14.0. The van der Waals surface area contributed by atoms with Crippen LogP contribution >= 0.6 is 0 Å². The van der Waals surface area contributed by atoms with Crippen molar-refractivity contribution in [3.8, 4) is 0 Å². The van der Waals surface area contributed by atoms with Gasteiger partial charge in [-0.1, -0.05) is 12.1 Å². The molecule has 1 aromatic carbocycles. The molecule has 0 radical (unpaired) electrons. The zero-order valence-corrected chi connectivity index (χ0v) is 14.8. The third-order valence-corrected chi connectivity index (χ3v) is 6.40. The van der Waals surface area contributed by atoms with Crippen molar-refractivity contribution in [2.45, 2.75) is 39.3 Å². The van der Waals surface area contributed by atoms with Gasteiger partial charge in [-0.25, -0.2) is 13.4 Å². The minimum atomic E-state index is -2.95. The molecule has 130 valence electrons. The minimum Gasteiger partial charge on any atom is -0.346 e. The van der Waals surface area contributed by atoms with E-state index in [-0.39, 0.29) is 35.8 Å². The maximum Gasteiger partial charge on any atom is 0.220 e. The fraction of sp³-hybridized carbons (Fsp3) is 0.529. The number of nitrogens with one attached hydrogen (secondary N) is 1. The largest absolute Gasteiger partial charge is 0.346 e. The van der Waals surface area contributed by atoms with Gasteiger partial charge in [0.05, 0.1) is 28.6 Å². The number of hydrogen-bond acceptors (Lipinski definition) is 4. The lowest BCUT2D eigenvalue weighted by molar-refractivity contribution is -0.122. The van der Waals surface area contributed by atoms with Gasteiger partial charge in [-0.05, 0) is 38.3 Å². The molecule has 2 atom stereocenters. The van der Waals surface area contributed by atoms with Crippen LogP contribution in [0.3, 0.4) is 0 Å². The van der Waals surface area contributed by atoms with Gasteiger partial charge in [-0.2, -0.15) is 0 Å². The van der Waals surface area contributed by atoms with Crippen LogP contribution in [0.25, 0.3) is 11.0 Å². The number of rotatable bonds is 5. The molecule has 7 heteroatoms. The van der Waals surface area contributed by atoms with Gasteiger partial charge in [-0.3, -0.25) is 4.79 Å². The molecule has 1 saturated heterocycles. The van der Waals surface area contributed by atoms with Crippen molar-refractivity contribution in [1.82, 2.24) is 14.9 Å². The number of aromatic nitrogens is 2. The molecule has 6 nitrogen and oxygen atoms in total. The summed E-state index contributed by atoms with van der Waals surface area (Å²) in [5.74, 6) is 0.978. The van der Waals surface area contributed by atoms with Crippen molar-refractivity contribution in [3.05, 3.63) is 30.1 Å². The number of benzene rings is 1. The number of sulfone groups is 1. The quantitative estimate of drug-likeness (QED) is 0.896. The topological polar surface area (TPSA) is 81.1 Å². The predicted molar refractivity (Wildman–Crippen MR) is 93.3 cm³/mol. The Morgan fingerprint density at radius 1 is 1.42 bits per heavy atom. The summed E-state index contributed by atoms with van der Waals surface area (Å²) in [5.41, 5.74) is 1.97. The van der Waals surface area contributed by atoms with Crippen LogP contribution in [0, 0.1) is 5.92 Å². The smallest absolute Gasteiger partial charge is 0.220 e. The van der Waals surface area contributed by atoms with E-state index < -0.39 is 9.84 Å². The van der Waals surface area contributed by atoms with Crippen molar-refractivity contribution >= 4 is 26.8 Å². The van der Waals surface area contributed by atoms with Crippen molar-refractivity contribution < 1.29 is 13.2 Å². The van der Waals surface area contributed by atoms with E-state index in [9.17, 15) is 13.2 Å². The van der Waals surface area contributed by atoms with Gasteiger partial charge in [0.15, 0.2) is 9.84 Å². The highest BCUT2D eigenvalue weighted by molar-refractivity contribution is 7.91. The van der Waals surface area contributed by atoms with Crippen LogP contribution in [0.2, 0.25) is 0 Å². The lowest BCUT2D eigenvalue weighted by Gasteiger charge is -2.16. The number of hydrogen-bond donors (Lipinski definition) is 1. The normalized spacial score (nSPS) is 21.0. The Hall–Kier alpha value is -1.89. The molecule has 0 saturated carbocycles. The van der Waals surface area contributed by atoms with E-state index in [0.717, 1.165) is 23.4 Å². The molecule has 2 heterocycles. The molecule has 0 unspecified atom stereocenters. The fourth-order valence-corrected chi connectivity index (χ4v) is 5.28. The van der Waals surface area contributed by atoms with Gasteiger partial charge in [0.2, 0.25) is 5.91 Å². The highest BCUT2D eigenvalue weighted by atomic mass is 32.2. The van der Waals surface area contributed by atoms with Gasteiger partial charge in [0, 0.05) is 13.0 Å². The third-order valence-electron chi connectivity index (χ3n) is 4.57. The molecule has 3 rings (SSSR count). The van der Waals surface area contributed by atoms with Gasteiger partial charge in [-0.15, -0.1) is 0 Å². The molecule has 1 aliphatic heterocycles. The molecule has 0 aliphatic carbocycles. The summed E-state index contributed by atoms with van der Waals surface area (Å²) >= 11 is 0. The van der Waals surface area contributed by atoms with Crippen LogP contribution < -0.4 is 5.32 Å². The highest BCUT2D eigenvalue weighted by Crippen LogP contribution is 2.23. The van der Waals surface area contributed by atoms with E-state index in [2.05, 4.69) is 21.8 Å². The first-order chi connectivity index (χ1) is 11.4. The molecule has 24 heavy (non-hydrogen) atoms. The van der Waals surface area contributed by atoms with E-state index >= 15 is 0 Å². The molecule has 1 amide bonds. The van der Waals surface area contributed by atoms with Crippen LogP contribution in [0.5, 0.6) is 0 Å². The molecule has 1 aromatic heterocycles. The predicted octanol–water partition coefficient (Wildman–Crippen LogP) is 2.06. The van der Waals surface area contributed by atoms with E-state index in [4.69, 9.17) is 0 Å². The summed E-state index contributed by atoms with van der Waals surface area (Å²) < 4.78 is 25.1. The van der Waals surface area contributed by atoms with Crippen molar-refractivity contribution in [2.24, 2.45) is 5.92 Å². The van der Waals surface area contributed by atoms with Crippen LogP contribution in [0.4, 0.5) is 0 Å². The zero-order chi connectivity index (χ0) is 17.3. The number of nitrogens with zero attached hydrogens (tertiary/aromatic N) is 2. The van der Waals surface area contributed by atoms with Crippen molar-refractivity contribution in [1.29, 1.82) is 0 Å². The maximum absolute atomic E-state index is 12.3. The van der Waals surface area contributed by atoms with Gasteiger partial charge in [0.25, 0.3) is 0 Å². The van der Waals surface area contributed by atoms with Gasteiger partial charge in [0.1, 0.15) is 5.82 Å². The van der Waals surface area contributed by atoms with E-state index in [1.165, 1.54) is 0 Å². The molecule has 0 spiro atoms. The number of fused-ring (bicyclic) bond motifs is 1. The molecular formula is C17H23N3O3S. The lowest BCUT2D eigenvalue weighted by Crippen LogP contribution is -2.30. The van der Waals surface area contributed by atoms with Crippen LogP contribution in [0.1, 0.15) is 38.6 Å². The van der Waals surface area contributed by atoms with Crippen molar-refractivity contribution in [2.75, 3.05) is 11.5 Å². The number of carbonyl (C=O) groups excluding carboxylic acids is 1. The van der Waals surface area contributed by atoms with E-state index in [1.54, 1.807) is 0 Å². The third kappa shape index (κ3) is 3.45. The first-order valence-electron chi connectivity index (χ1n) is 8.34. The Bertz CT molecular complexity index is 857. The fourth-order valence-electron chi connectivity index (χ4n) is 3.42. The molecule has 2 aromatic rings. The van der Waals surface area contributed by atoms with Crippen molar-refractivity contribution in [3.63, 3.8) is 0 Å². The Morgan fingerprint density at radius 3 is 2.83 bits per heavy atom. The Kier molecular flexibility index (Phi) is 4.62. The molecule has 1 aliphatic rings. The number of aryl methyl sites for hydroxylation is 1. The summed E-state index contributed by atoms with van der Waals surface area (Å²) in [6, 6.07) is 7.69. The van der Waals surface area contributed by atoms with Crippen LogP contribution in [-0.2, 0) is 21.2 Å². The molecule has 0 bridgehead atoms. The lowest BCUT2D eigenvalue weighted by atomic mass is 10.0. The van der Waals surface area contributed by atoms with Gasteiger partial charge < -0.3 is 9.88 Å². The number of amides is 1. The highest BCUT2D eigenvalue weighted by Gasteiger charge is 2.30. The SMILES string of the molecule is CCn1c([C@@H](C)NC(=O)C[C@H]2CCS(=O)(=O)C2)nc2ccccc21. The second-order valence-corrected chi connectivity index (χ2v) is 8.69. The summed E-state index contributed by atoms with van der Waals surface area (Å²) in [7, 11) is -2.95. The Labute approximate surface area is 142 Å². The summed E-state index contributed by atoms with van der Waals surface area (Å²) in [4.78, 5) is 16.9. The van der Waals surface area contributed by atoms with Gasteiger partial charge >= 0.3 is 0 Å². The minimum absolute atomic E-state index is 0.0628. The molecule has 1 N–H and O–H groups in total. The number of carbonyl (C=O) groups is 1.